The first-order valence-corrected chi connectivity index (χ1v) is 9.74. The Morgan fingerprint density at radius 3 is 2.27 bits per heavy atom. The molecule has 9 heteroatoms. The van der Waals surface area contributed by atoms with Crippen LogP contribution in [0.1, 0.15) is 27.7 Å². The first-order chi connectivity index (χ1) is 14.3. The molecule has 0 aromatic carbocycles. The van der Waals surface area contributed by atoms with E-state index in [1.54, 1.807) is 0 Å². The molecular formula is C21H21N8U-. The van der Waals surface area contributed by atoms with E-state index in [9.17, 15) is 0 Å². The Labute approximate surface area is 197 Å². The third-order valence-corrected chi connectivity index (χ3v) is 4.12. The fourth-order valence-corrected chi connectivity index (χ4v) is 2.97. The number of aliphatic imine (C=N–C) groups is 2. The number of rotatable bonds is 0. The maximum absolute atomic E-state index is 4.65. The number of nitrogens with zero attached hydrogens (tertiary/aromatic N) is 8. The molecule has 0 aliphatic carbocycles. The van der Waals surface area contributed by atoms with Crippen molar-refractivity contribution in [3.05, 3.63) is 65.9 Å². The van der Waals surface area contributed by atoms with Gasteiger partial charge in [0.15, 0.2) is 11.5 Å². The number of hydrogen-bond acceptors (Lipinski definition) is 5. The summed E-state index contributed by atoms with van der Waals surface area (Å²) in [5.74, 6) is 3.48. The summed E-state index contributed by atoms with van der Waals surface area (Å²) in [7, 11) is 0. The Balaban J connectivity index is 0.000000486. The fourth-order valence-electron chi connectivity index (χ4n) is 2.97. The molecule has 0 spiro atoms. The zero-order chi connectivity index (χ0) is 20.4. The van der Waals surface area contributed by atoms with Crippen LogP contribution < -0.4 is 20.5 Å². The third kappa shape index (κ3) is 3.96. The van der Waals surface area contributed by atoms with Gasteiger partial charge < -0.3 is 23.9 Å². The summed E-state index contributed by atoms with van der Waals surface area (Å²) < 4.78 is 3.82. The molecule has 0 N–H and O–H groups in total. The monoisotopic (exact) mass is 623 g/mol. The minimum absolute atomic E-state index is 0. The molecule has 0 amide bonds. The van der Waals surface area contributed by atoms with Crippen LogP contribution in [0.3, 0.4) is 0 Å². The maximum atomic E-state index is 4.65. The second-order valence-corrected chi connectivity index (χ2v) is 5.73. The van der Waals surface area contributed by atoms with Gasteiger partial charge in [-0.15, -0.1) is 0 Å². The Morgan fingerprint density at radius 2 is 1.50 bits per heavy atom. The van der Waals surface area contributed by atoms with Crippen LogP contribution in [0.4, 0.5) is 11.6 Å². The molecular weight excluding hydrogens is 602 g/mol. The molecule has 2 aromatic rings. The first-order valence-electron chi connectivity index (χ1n) is 9.74. The van der Waals surface area contributed by atoms with Crippen LogP contribution in [-0.4, -0.2) is 21.1 Å². The van der Waals surface area contributed by atoms with Crippen molar-refractivity contribution in [3.63, 3.8) is 0 Å². The van der Waals surface area contributed by atoms with E-state index in [1.165, 1.54) is 0 Å². The van der Waals surface area contributed by atoms with Crippen molar-refractivity contribution >= 4 is 29.0 Å². The Bertz CT molecular complexity index is 1350. The van der Waals surface area contributed by atoms with Crippen molar-refractivity contribution in [2.45, 2.75) is 27.7 Å². The van der Waals surface area contributed by atoms with Gasteiger partial charge in [0, 0.05) is 47.9 Å². The second kappa shape index (κ2) is 9.37. The summed E-state index contributed by atoms with van der Waals surface area (Å²) in [6.45, 7) is 8.00. The molecule has 0 fully saturated rings. The van der Waals surface area contributed by atoms with E-state index >= 15 is 0 Å². The molecule has 0 atom stereocenters. The van der Waals surface area contributed by atoms with Crippen molar-refractivity contribution in [1.82, 2.24) is 14.4 Å². The molecule has 150 valence electrons. The zero-order valence-corrected chi connectivity index (χ0v) is 21.4. The van der Waals surface area contributed by atoms with E-state index in [4.69, 9.17) is 0 Å². The Morgan fingerprint density at radius 1 is 0.800 bits per heavy atom. The molecule has 8 nitrogen and oxygen atoms in total. The molecule has 0 radical (unpaired) electrons. The van der Waals surface area contributed by atoms with E-state index in [0.717, 1.165) is 23.1 Å². The van der Waals surface area contributed by atoms with Gasteiger partial charge in [0.05, 0.1) is 12.2 Å². The molecule has 6 bridgehead atoms. The maximum Gasteiger partial charge on any atom is 0.166 e. The van der Waals surface area contributed by atoms with Crippen LogP contribution in [0.15, 0.2) is 74.8 Å². The van der Waals surface area contributed by atoms with E-state index < -0.39 is 0 Å². The number of amidine groups is 2. The smallest absolute Gasteiger partial charge is 0.166 e. The van der Waals surface area contributed by atoms with Gasteiger partial charge in [-0.05, 0) is 42.5 Å². The van der Waals surface area contributed by atoms with Gasteiger partial charge in [0.25, 0.3) is 0 Å². The molecule has 4 aliphatic rings. The van der Waals surface area contributed by atoms with Gasteiger partial charge in [-0.1, -0.05) is 33.8 Å². The van der Waals surface area contributed by atoms with Crippen LogP contribution in [0, 0.1) is 31.1 Å². The van der Waals surface area contributed by atoms with Crippen molar-refractivity contribution in [3.8, 4) is 5.82 Å². The minimum atomic E-state index is 0. The SMILES string of the molecule is C1=CC2=Nc3ccc4nc5ccc([n+]-5[cH-]n34)N=c3ccc([n-]3)=NC1=N2.CC.CC.[U]. The largest absolute Gasteiger partial charge is 0.376 e. The summed E-state index contributed by atoms with van der Waals surface area (Å²) in [5, 5.41) is 0. The van der Waals surface area contributed by atoms with Crippen LogP contribution in [0.5, 0.6) is 0 Å². The predicted octanol–water partition coefficient (Wildman–Crippen LogP) is 2.36. The normalized spacial score (nSPS) is 13.2. The van der Waals surface area contributed by atoms with Gasteiger partial charge in [-0.2, -0.15) is 4.98 Å². The van der Waals surface area contributed by atoms with Gasteiger partial charge in [-0.3, -0.25) is 0 Å². The van der Waals surface area contributed by atoms with Crippen LogP contribution in [-0.2, 0) is 0 Å². The summed E-state index contributed by atoms with van der Waals surface area (Å²) in [6.07, 6.45) is 5.58. The van der Waals surface area contributed by atoms with E-state index in [-0.39, 0.29) is 31.1 Å². The van der Waals surface area contributed by atoms with E-state index in [2.05, 4.69) is 29.9 Å². The Hall–Kier alpha value is -2.76. The number of fused-ring (bicyclic) bond motifs is 3. The average Bonchev–Trinajstić information content (AvgIpc) is 3.54. The van der Waals surface area contributed by atoms with E-state index in [0.29, 0.717) is 22.6 Å². The van der Waals surface area contributed by atoms with Gasteiger partial charge in [0.1, 0.15) is 11.7 Å². The topological polar surface area (TPSA) is 84.7 Å². The molecule has 6 rings (SSSR count). The molecule has 4 aliphatic heterocycles. The molecule has 6 heterocycles. The summed E-state index contributed by atoms with van der Waals surface area (Å²) in [4.78, 5) is 27.1. The van der Waals surface area contributed by atoms with Crippen molar-refractivity contribution in [2.75, 3.05) is 0 Å². The average molecular weight is 623 g/mol. The van der Waals surface area contributed by atoms with Crippen molar-refractivity contribution in [2.24, 2.45) is 20.0 Å². The molecule has 0 saturated heterocycles. The minimum Gasteiger partial charge on any atom is -0.376 e. The van der Waals surface area contributed by atoms with Gasteiger partial charge >= 0.3 is 0 Å². The third-order valence-electron chi connectivity index (χ3n) is 4.12. The van der Waals surface area contributed by atoms with Crippen LogP contribution in [0.2, 0.25) is 0 Å². The van der Waals surface area contributed by atoms with Gasteiger partial charge in [0.2, 0.25) is 0 Å². The second-order valence-electron chi connectivity index (χ2n) is 5.73. The van der Waals surface area contributed by atoms with Crippen molar-refractivity contribution in [1.29, 1.82) is 0 Å². The summed E-state index contributed by atoms with van der Waals surface area (Å²) in [6, 6.07) is 11.3. The zero-order valence-electron chi connectivity index (χ0n) is 17.3. The standard InChI is InChI=1S/C17H9N8.2C2H6.U/c1-3-12-19-10(1)18-11-2-4-13(20-11)22-15-6-8-17-23-16-7-5-14(21-12)24(16)9-25(15)17;2*1-2;/h1-9H;2*1-2H3;/q-1;;;. The molecule has 30 heavy (non-hydrogen) atoms. The summed E-state index contributed by atoms with van der Waals surface area (Å²) >= 11 is 0. The molecule has 2 aromatic heterocycles. The predicted molar refractivity (Wildman–Crippen MR) is 112 cm³/mol. The molecule has 0 unspecified atom stereocenters. The van der Waals surface area contributed by atoms with E-state index in [1.807, 2.05) is 91.5 Å². The number of aromatic nitrogens is 4. The van der Waals surface area contributed by atoms with Crippen LogP contribution >= 0.6 is 0 Å². The molecule has 0 saturated carbocycles. The van der Waals surface area contributed by atoms with Crippen molar-refractivity contribution < 1.29 is 35.7 Å². The fraction of sp³-hybridized carbons (Fsp3) is 0.190. The van der Waals surface area contributed by atoms with Gasteiger partial charge in [-0.25, -0.2) is 9.98 Å². The number of hydrogen-bond donors (Lipinski definition) is 0. The first kappa shape index (κ1) is 21.9. The van der Waals surface area contributed by atoms with Crippen LogP contribution in [0.25, 0.3) is 11.5 Å². The quantitative estimate of drug-likeness (QED) is 0.223. The summed E-state index contributed by atoms with van der Waals surface area (Å²) in [5.41, 5.74) is 1.98. The Kier molecular flexibility index (Phi) is 6.85.